The van der Waals surface area contributed by atoms with Gasteiger partial charge in [-0.25, -0.2) is 0 Å². The van der Waals surface area contributed by atoms with Crippen LogP contribution in [0.2, 0.25) is 0 Å². The summed E-state index contributed by atoms with van der Waals surface area (Å²) in [5.41, 5.74) is 2.18. The Labute approximate surface area is 156 Å². The third-order valence-corrected chi connectivity index (χ3v) is 4.99. The first-order chi connectivity index (χ1) is 12.1. The lowest BCUT2D eigenvalue weighted by Gasteiger charge is -2.13. The summed E-state index contributed by atoms with van der Waals surface area (Å²) < 4.78 is 5.56. The zero-order valence-electron chi connectivity index (χ0n) is 17.1. The Hall–Kier alpha value is -1.18. The summed E-state index contributed by atoms with van der Waals surface area (Å²) in [5, 5.41) is 10.4. The van der Waals surface area contributed by atoms with Crippen molar-refractivity contribution < 1.29 is 9.84 Å². The van der Waals surface area contributed by atoms with E-state index in [0.29, 0.717) is 5.75 Å². The zero-order chi connectivity index (χ0) is 18.5. The third-order valence-electron chi connectivity index (χ3n) is 4.99. The van der Waals surface area contributed by atoms with Crippen LogP contribution in [0.4, 0.5) is 0 Å². The number of hydrogen-bond acceptors (Lipinski definition) is 2. The number of aromatic hydroxyl groups is 1. The Morgan fingerprint density at radius 2 is 1.52 bits per heavy atom. The smallest absolute Gasteiger partial charge is 0.126 e. The SMILES string of the molecule is CCCCCCCCCCc1c(O)cc(CCCC(C)C)cc1OC. The summed E-state index contributed by atoms with van der Waals surface area (Å²) in [5.74, 6) is 2.01. The van der Waals surface area contributed by atoms with Crippen LogP contribution in [0.1, 0.15) is 96.1 Å². The van der Waals surface area contributed by atoms with Gasteiger partial charge in [-0.3, -0.25) is 0 Å². The minimum absolute atomic E-state index is 0.418. The van der Waals surface area contributed by atoms with Crippen molar-refractivity contribution in [3.05, 3.63) is 23.3 Å². The lowest BCUT2D eigenvalue weighted by atomic mass is 9.98. The topological polar surface area (TPSA) is 29.5 Å². The quantitative estimate of drug-likeness (QED) is 0.364. The fourth-order valence-electron chi connectivity index (χ4n) is 3.41. The van der Waals surface area contributed by atoms with Gasteiger partial charge in [-0.05, 0) is 49.3 Å². The minimum atomic E-state index is 0.418. The van der Waals surface area contributed by atoms with E-state index in [1.807, 2.05) is 6.07 Å². The molecule has 25 heavy (non-hydrogen) atoms. The number of ether oxygens (including phenoxy) is 1. The Morgan fingerprint density at radius 1 is 0.880 bits per heavy atom. The van der Waals surface area contributed by atoms with Crippen molar-refractivity contribution in [2.24, 2.45) is 5.92 Å². The van der Waals surface area contributed by atoms with Crippen molar-refractivity contribution in [1.29, 1.82) is 0 Å². The van der Waals surface area contributed by atoms with Crippen LogP contribution in [0.15, 0.2) is 12.1 Å². The van der Waals surface area contributed by atoms with Gasteiger partial charge in [-0.2, -0.15) is 0 Å². The van der Waals surface area contributed by atoms with E-state index in [9.17, 15) is 5.11 Å². The lowest BCUT2D eigenvalue weighted by Crippen LogP contribution is -1.97. The molecular formula is C23H40O2. The number of phenolic OH excluding ortho intramolecular Hbond substituents is 1. The molecule has 1 rings (SSSR count). The number of hydrogen-bond donors (Lipinski definition) is 1. The summed E-state index contributed by atoms with van der Waals surface area (Å²) in [6, 6.07) is 4.07. The highest BCUT2D eigenvalue weighted by Crippen LogP contribution is 2.32. The highest BCUT2D eigenvalue weighted by atomic mass is 16.5. The molecule has 2 nitrogen and oxygen atoms in total. The molecule has 0 aromatic heterocycles. The fourth-order valence-corrected chi connectivity index (χ4v) is 3.41. The van der Waals surface area contributed by atoms with Gasteiger partial charge < -0.3 is 9.84 Å². The Bertz CT molecular complexity index is 465. The zero-order valence-corrected chi connectivity index (χ0v) is 17.1. The second-order valence-corrected chi connectivity index (χ2v) is 7.81. The van der Waals surface area contributed by atoms with Gasteiger partial charge in [0, 0.05) is 5.56 Å². The monoisotopic (exact) mass is 348 g/mol. The summed E-state index contributed by atoms with van der Waals surface area (Å²) in [6.07, 6.45) is 14.8. The lowest BCUT2D eigenvalue weighted by molar-refractivity contribution is 0.397. The molecule has 0 aliphatic heterocycles. The second-order valence-electron chi connectivity index (χ2n) is 7.81. The third kappa shape index (κ3) is 9.18. The molecule has 0 saturated heterocycles. The van der Waals surface area contributed by atoms with Crippen LogP contribution in [0.5, 0.6) is 11.5 Å². The molecule has 0 saturated carbocycles. The number of rotatable bonds is 14. The predicted octanol–water partition coefficient (Wildman–Crippen LogP) is 7.06. The van der Waals surface area contributed by atoms with Crippen molar-refractivity contribution in [1.82, 2.24) is 0 Å². The highest BCUT2D eigenvalue weighted by Gasteiger charge is 2.11. The average molecular weight is 349 g/mol. The van der Waals surface area contributed by atoms with Crippen molar-refractivity contribution in [3.63, 3.8) is 0 Å². The van der Waals surface area contributed by atoms with E-state index in [2.05, 4.69) is 26.8 Å². The van der Waals surface area contributed by atoms with Crippen LogP contribution in [-0.2, 0) is 12.8 Å². The highest BCUT2D eigenvalue weighted by molar-refractivity contribution is 5.47. The van der Waals surface area contributed by atoms with Crippen LogP contribution in [0.3, 0.4) is 0 Å². The Kier molecular flexibility index (Phi) is 11.4. The normalized spacial score (nSPS) is 11.2. The van der Waals surface area contributed by atoms with Crippen LogP contribution in [0.25, 0.3) is 0 Å². The van der Waals surface area contributed by atoms with Gasteiger partial charge in [0.05, 0.1) is 7.11 Å². The van der Waals surface area contributed by atoms with Crippen LogP contribution < -0.4 is 4.74 Å². The molecule has 0 radical (unpaired) electrons. The number of aryl methyl sites for hydroxylation is 1. The van der Waals surface area contributed by atoms with E-state index in [4.69, 9.17) is 4.74 Å². The number of phenols is 1. The molecule has 0 fully saturated rings. The van der Waals surface area contributed by atoms with Gasteiger partial charge in [0.1, 0.15) is 11.5 Å². The van der Waals surface area contributed by atoms with Gasteiger partial charge in [0.15, 0.2) is 0 Å². The van der Waals surface area contributed by atoms with Crippen LogP contribution in [-0.4, -0.2) is 12.2 Å². The molecule has 1 aromatic rings. The minimum Gasteiger partial charge on any atom is -0.508 e. The summed E-state index contributed by atoms with van der Waals surface area (Å²) in [4.78, 5) is 0. The van der Waals surface area contributed by atoms with E-state index in [1.165, 1.54) is 56.9 Å². The van der Waals surface area contributed by atoms with E-state index in [1.54, 1.807) is 7.11 Å². The molecule has 0 bridgehead atoms. The van der Waals surface area contributed by atoms with Gasteiger partial charge in [-0.15, -0.1) is 0 Å². The van der Waals surface area contributed by atoms with Crippen molar-refractivity contribution >= 4 is 0 Å². The van der Waals surface area contributed by atoms with Crippen molar-refractivity contribution in [2.45, 2.75) is 97.8 Å². The molecule has 0 aliphatic carbocycles. The fraction of sp³-hybridized carbons (Fsp3) is 0.739. The molecular weight excluding hydrogens is 308 g/mol. The molecule has 0 atom stereocenters. The predicted molar refractivity (Wildman–Crippen MR) is 109 cm³/mol. The number of methoxy groups -OCH3 is 1. The van der Waals surface area contributed by atoms with E-state index >= 15 is 0 Å². The Morgan fingerprint density at radius 3 is 2.12 bits per heavy atom. The molecule has 0 unspecified atom stereocenters. The summed E-state index contributed by atoms with van der Waals surface area (Å²) >= 11 is 0. The number of benzene rings is 1. The molecule has 1 aromatic carbocycles. The average Bonchev–Trinajstić information content (AvgIpc) is 2.58. The molecule has 0 spiro atoms. The largest absolute Gasteiger partial charge is 0.508 e. The molecule has 0 heterocycles. The van der Waals surface area contributed by atoms with Crippen molar-refractivity contribution in [3.8, 4) is 11.5 Å². The molecule has 144 valence electrons. The maximum atomic E-state index is 10.4. The Balaban J connectivity index is 2.42. The standard InChI is InChI=1S/C23H40O2/c1-5-6-7-8-9-10-11-12-16-21-22(24)17-20(18-23(21)25-4)15-13-14-19(2)3/h17-19,24H,5-16H2,1-4H3. The van der Waals surface area contributed by atoms with Gasteiger partial charge in [0.2, 0.25) is 0 Å². The molecule has 2 heteroatoms. The van der Waals surface area contributed by atoms with Gasteiger partial charge >= 0.3 is 0 Å². The first-order valence-electron chi connectivity index (χ1n) is 10.5. The molecule has 0 amide bonds. The van der Waals surface area contributed by atoms with Crippen LogP contribution >= 0.6 is 0 Å². The molecule has 0 aliphatic rings. The van der Waals surface area contributed by atoms with Gasteiger partial charge in [-0.1, -0.05) is 72.1 Å². The van der Waals surface area contributed by atoms with Gasteiger partial charge in [0.25, 0.3) is 0 Å². The van der Waals surface area contributed by atoms with Crippen LogP contribution in [0, 0.1) is 5.92 Å². The maximum absolute atomic E-state index is 10.4. The summed E-state index contributed by atoms with van der Waals surface area (Å²) in [7, 11) is 1.71. The molecule has 1 N–H and O–H groups in total. The number of unbranched alkanes of at least 4 members (excludes halogenated alkanes) is 7. The first kappa shape index (κ1) is 21.9. The summed E-state index contributed by atoms with van der Waals surface area (Å²) in [6.45, 7) is 6.77. The second kappa shape index (κ2) is 13.1. The van der Waals surface area contributed by atoms with E-state index < -0.39 is 0 Å². The maximum Gasteiger partial charge on any atom is 0.126 e. The first-order valence-corrected chi connectivity index (χ1v) is 10.5. The van der Waals surface area contributed by atoms with E-state index in [0.717, 1.165) is 42.9 Å². The van der Waals surface area contributed by atoms with Crippen molar-refractivity contribution in [2.75, 3.05) is 7.11 Å². The van der Waals surface area contributed by atoms with E-state index in [-0.39, 0.29) is 0 Å².